The number of thiocarbonyl (C=S) groups is 1. The van der Waals surface area contributed by atoms with E-state index < -0.39 is 0 Å². The maximum atomic E-state index is 11.9. The van der Waals surface area contributed by atoms with Gasteiger partial charge in [0.05, 0.1) is 0 Å². The van der Waals surface area contributed by atoms with Gasteiger partial charge in [0.15, 0.2) is 5.11 Å². The summed E-state index contributed by atoms with van der Waals surface area (Å²) in [6.07, 6.45) is 1.63. The topological polar surface area (TPSA) is 54.7 Å². The van der Waals surface area contributed by atoms with E-state index in [0.717, 1.165) is 5.75 Å². The van der Waals surface area contributed by atoms with Gasteiger partial charge in [0.1, 0.15) is 29.6 Å². The van der Waals surface area contributed by atoms with Crippen LogP contribution in [0.25, 0.3) is 6.08 Å². The summed E-state index contributed by atoms with van der Waals surface area (Å²) in [5.74, 6) is 1.85. The van der Waals surface area contributed by atoms with Crippen LogP contribution in [0.1, 0.15) is 11.5 Å². The van der Waals surface area contributed by atoms with Crippen LogP contribution < -0.4 is 10.1 Å². The maximum Gasteiger partial charge on any atom is 0.276 e. The molecule has 0 unspecified atom stereocenters. The molecule has 0 bridgehead atoms. The lowest BCUT2D eigenvalue weighted by atomic mass is 10.3. The smallest absolute Gasteiger partial charge is 0.276 e. The van der Waals surface area contributed by atoms with Gasteiger partial charge >= 0.3 is 0 Å². The number of para-hydroxylation sites is 1. The van der Waals surface area contributed by atoms with Crippen molar-refractivity contribution in [3.05, 3.63) is 59.7 Å². The van der Waals surface area contributed by atoms with E-state index >= 15 is 0 Å². The van der Waals surface area contributed by atoms with Crippen LogP contribution >= 0.6 is 12.2 Å². The first-order valence-electron chi connectivity index (χ1n) is 6.71. The third-order valence-corrected chi connectivity index (χ3v) is 3.55. The van der Waals surface area contributed by atoms with E-state index in [9.17, 15) is 4.79 Å². The minimum Gasteiger partial charge on any atom is -0.486 e. The zero-order valence-electron chi connectivity index (χ0n) is 11.9. The van der Waals surface area contributed by atoms with Crippen LogP contribution in [0, 0.1) is 0 Å². The Morgan fingerprint density at radius 3 is 2.73 bits per heavy atom. The molecule has 0 atom stereocenters. The van der Waals surface area contributed by atoms with Gasteiger partial charge in [-0.25, -0.2) is 0 Å². The maximum absolute atomic E-state index is 11.9. The van der Waals surface area contributed by atoms with E-state index in [1.54, 1.807) is 19.2 Å². The van der Waals surface area contributed by atoms with Crippen molar-refractivity contribution in [3.8, 4) is 5.75 Å². The summed E-state index contributed by atoms with van der Waals surface area (Å²) < 4.78 is 11.2. The standard InChI is InChI=1S/C16H14N2O3S/c1-18-15(19)14(17-16(18)22)9-12-7-8-13(21-12)10-20-11-5-3-2-4-6-11/h2-9H,10H2,1H3,(H,17,22)/b14-9+. The molecular formula is C16H14N2O3S. The van der Waals surface area contributed by atoms with Gasteiger partial charge in [0.25, 0.3) is 5.91 Å². The molecule has 22 heavy (non-hydrogen) atoms. The largest absolute Gasteiger partial charge is 0.486 e. The van der Waals surface area contributed by atoms with Crippen molar-refractivity contribution in [2.45, 2.75) is 6.61 Å². The molecule has 1 amide bonds. The monoisotopic (exact) mass is 314 g/mol. The van der Waals surface area contributed by atoms with Crippen molar-refractivity contribution < 1.29 is 13.9 Å². The number of carbonyl (C=O) groups is 1. The molecule has 3 rings (SSSR count). The molecule has 1 aliphatic heterocycles. The molecule has 112 valence electrons. The van der Waals surface area contributed by atoms with Crippen molar-refractivity contribution in [2.24, 2.45) is 0 Å². The number of rotatable bonds is 4. The van der Waals surface area contributed by atoms with Gasteiger partial charge in [-0.3, -0.25) is 9.69 Å². The lowest BCUT2D eigenvalue weighted by molar-refractivity contribution is -0.121. The van der Waals surface area contributed by atoms with Gasteiger partial charge in [-0.05, 0) is 36.5 Å². The zero-order chi connectivity index (χ0) is 15.5. The highest BCUT2D eigenvalue weighted by molar-refractivity contribution is 7.80. The summed E-state index contributed by atoms with van der Waals surface area (Å²) in [6, 6.07) is 13.1. The molecule has 1 saturated heterocycles. The Balaban J connectivity index is 1.67. The highest BCUT2D eigenvalue weighted by atomic mass is 32.1. The summed E-state index contributed by atoms with van der Waals surface area (Å²) >= 11 is 5.02. The average Bonchev–Trinajstić information content (AvgIpc) is 3.07. The first kappa shape index (κ1) is 14.3. The Hall–Kier alpha value is -2.60. The Morgan fingerprint density at radius 1 is 1.27 bits per heavy atom. The van der Waals surface area contributed by atoms with E-state index in [2.05, 4.69) is 5.32 Å². The van der Waals surface area contributed by atoms with E-state index in [4.69, 9.17) is 21.4 Å². The third kappa shape index (κ3) is 3.01. The van der Waals surface area contributed by atoms with Crippen molar-refractivity contribution >= 4 is 29.3 Å². The molecule has 1 aromatic carbocycles. The lowest BCUT2D eigenvalue weighted by Crippen LogP contribution is -2.25. The van der Waals surface area contributed by atoms with Crippen molar-refractivity contribution in [3.63, 3.8) is 0 Å². The summed E-state index contributed by atoms with van der Waals surface area (Å²) in [5.41, 5.74) is 0.400. The SMILES string of the molecule is CN1C(=O)/C(=C\c2ccc(COc3ccccc3)o2)NC1=S. The average molecular weight is 314 g/mol. The molecule has 5 nitrogen and oxygen atoms in total. The molecule has 2 aromatic rings. The van der Waals surface area contributed by atoms with Gasteiger partial charge in [-0.1, -0.05) is 18.2 Å². The molecule has 0 saturated carbocycles. The molecule has 6 heteroatoms. The number of nitrogens with zero attached hydrogens (tertiary/aromatic N) is 1. The van der Waals surface area contributed by atoms with Crippen LogP contribution in [0.3, 0.4) is 0 Å². The predicted octanol–water partition coefficient (Wildman–Crippen LogP) is 2.55. The first-order valence-corrected chi connectivity index (χ1v) is 7.11. The fraction of sp³-hybridized carbons (Fsp3) is 0.125. The Bertz CT molecular complexity index is 737. The minimum absolute atomic E-state index is 0.177. The minimum atomic E-state index is -0.177. The van der Waals surface area contributed by atoms with Crippen molar-refractivity contribution in [1.29, 1.82) is 0 Å². The summed E-state index contributed by atoms with van der Waals surface area (Å²) in [5, 5.41) is 3.23. The van der Waals surface area contributed by atoms with E-state index in [1.807, 2.05) is 36.4 Å². The summed E-state index contributed by atoms with van der Waals surface area (Å²) in [4.78, 5) is 13.3. The fourth-order valence-corrected chi connectivity index (χ4v) is 2.18. The number of carbonyl (C=O) groups excluding carboxylic acids is 1. The first-order chi connectivity index (χ1) is 10.6. The number of amides is 1. The lowest BCUT2D eigenvalue weighted by Gasteiger charge is -2.03. The summed E-state index contributed by atoms with van der Waals surface area (Å²) in [6.45, 7) is 0.326. The van der Waals surface area contributed by atoms with E-state index in [1.165, 1.54) is 4.90 Å². The van der Waals surface area contributed by atoms with Gasteiger partial charge in [0, 0.05) is 13.1 Å². The van der Waals surface area contributed by atoms with Gasteiger partial charge in [0.2, 0.25) is 0 Å². The number of ether oxygens (including phenoxy) is 1. The Kier molecular flexibility index (Phi) is 3.93. The van der Waals surface area contributed by atoms with Crippen molar-refractivity contribution in [1.82, 2.24) is 10.2 Å². The van der Waals surface area contributed by atoms with E-state index in [0.29, 0.717) is 28.9 Å². The van der Waals surface area contributed by atoms with Gasteiger partial charge in [-0.2, -0.15) is 0 Å². The molecule has 1 fully saturated rings. The van der Waals surface area contributed by atoms with Gasteiger partial charge < -0.3 is 14.5 Å². The van der Waals surface area contributed by atoms with Crippen LogP contribution in [0.2, 0.25) is 0 Å². The highest BCUT2D eigenvalue weighted by Gasteiger charge is 2.27. The van der Waals surface area contributed by atoms with Crippen molar-refractivity contribution in [2.75, 3.05) is 7.05 Å². The van der Waals surface area contributed by atoms with Crippen LogP contribution in [0.4, 0.5) is 0 Å². The van der Waals surface area contributed by atoms with Gasteiger partial charge in [-0.15, -0.1) is 0 Å². The predicted molar refractivity (Wildman–Crippen MR) is 86.0 cm³/mol. The van der Waals surface area contributed by atoms with Crippen LogP contribution in [-0.2, 0) is 11.4 Å². The molecule has 0 spiro atoms. The van der Waals surface area contributed by atoms with E-state index in [-0.39, 0.29) is 5.91 Å². The Labute approximate surface area is 133 Å². The second-order valence-electron chi connectivity index (χ2n) is 4.76. The molecular weight excluding hydrogens is 300 g/mol. The molecule has 1 aliphatic rings. The van der Waals surface area contributed by atoms with Crippen LogP contribution in [-0.4, -0.2) is 23.0 Å². The fourth-order valence-electron chi connectivity index (χ4n) is 1.99. The molecule has 0 aliphatic carbocycles. The quantitative estimate of drug-likeness (QED) is 0.694. The molecule has 0 radical (unpaired) electrons. The number of hydrogen-bond acceptors (Lipinski definition) is 4. The number of nitrogens with one attached hydrogen (secondary N) is 1. The molecule has 2 heterocycles. The summed E-state index contributed by atoms with van der Waals surface area (Å²) in [7, 11) is 1.62. The van der Waals surface area contributed by atoms with Crippen LogP contribution in [0.15, 0.2) is 52.6 Å². The molecule has 1 aromatic heterocycles. The number of furan rings is 1. The number of hydrogen-bond donors (Lipinski definition) is 1. The normalized spacial score (nSPS) is 16.2. The highest BCUT2D eigenvalue weighted by Crippen LogP contribution is 2.17. The van der Waals surface area contributed by atoms with Crippen LogP contribution in [0.5, 0.6) is 5.75 Å². The second-order valence-corrected chi connectivity index (χ2v) is 5.14. The molecule has 1 N–H and O–H groups in total. The number of benzene rings is 1. The second kappa shape index (κ2) is 6.03. The Morgan fingerprint density at radius 2 is 2.05 bits per heavy atom. The third-order valence-electron chi connectivity index (χ3n) is 3.17. The number of likely N-dealkylation sites (N-methyl/N-ethyl adjacent to an activating group) is 1. The zero-order valence-corrected chi connectivity index (χ0v) is 12.7.